The number of rotatable bonds is 6. The van der Waals surface area contributed by atoms with Gasteiger partial charge in [0.05, 0.1) is 5.00 Å². The molecule has 0 saturated carbocycles. The summed E-state index contributed by atoms with van der Waals surface area (Å²) in [5, 5.41) is 11.3. The average molecular weight is 519 g/mol. The lowest BCUT2D eigenvalue weighted by Gasteiger charge is -2.33. The molecule has 0 unspecified atom stereocenters. The maximum absolute atomic E-state index is 6.05. The third kappa shape index (κ3) is 7.16. The van der Waals surface area contributed by atoms with Gasteiger partial charge in [-0.3, -0.25) is 4.99 Å². The van der Waals surface area contributed by atoms with E-state index in [2.05, 4.69) is 46.0 Å². The molecule has 2 heterocycles. The van der Waals surface area contributed by atoms with E-state index in [1.165, 1.54) is 10.6 Å². The van der Waals surface area contributed by atoms with Gasteiger partial charge >= 0.3 is 0 Å². The number of benzene rings is 1. The minimum Gasteiger partial charge on any atom is -0.363 e. The first-order valence-electron chi connectivity index (χ1n) is 9.32. The van der Waals surface area contributed by atoms with Gasteiger partial charge in [0, 0.05) is 37.2 Å². The number of aliphatic imine (C=N–C) groups is 1. The third-order valence-electron chi connectivity index (χ3n) is 4.56. The fraction of sp³-hybridized carbons (Fsp3) is 0.450. The Labute approximate surface area is 188 Å². The predicted molar refractivity (Wildman–Crippen MR) is 129 cm³/mol. The van der Waals surface area contributed by atoms with Crippen molar-refractivity contribution >= 4 is 57.9 Å². The predicted octanol–water partition coefficient (Wildman–Crippen LogP) is 4.79. The highest BCUT2D eigenvalue weighted by atomic mass is 127. The van der Waals surface area contributed by atoms with Crippen molar-refractivity contribution in [2.24, 2.45) is 4.99 Å². The number of guanidine groups is 1. The van der Waals surface area contributed by atoms with E-state index in [1.807, 2.05) is 29.5 Å². The highest BCUT2D eigenvalue weighted by Crippen LogP contribution is 2.24. The summed E-state index contributed by atoms with van der Waals surface area (Å²) in [6.45, 7) is 5.93. The first-order valence-corrected chi connectivity index (χ1v) is 10.6. The highest BCUT2D eigenvalue weighted by Gasteiger charge is 2.20. The van der Waals surface area contributed by atoms with E-state index in [0.717, 1.165) is 56.4 Å². The van der Waals surface area contributed by atoms with Crippen LogP contribution in [0, 0.1) is 0 Å². The van der Waals surface area contributed by atoms with E-state index < -0.39 is 0 Å². The Balaban J connectivity index is 0.00000261. The Kier molecular flexibility index (Phi) is 9.72. The van der Waals surface area contributed by atoms with Crippen LogP contribution in [-0.2, 0) is 6.42 Å². The molecule has 148 valence electrons. The number of hydrogen-bond donors (Lipinski definition) is 2. The van der Waals surface area contributed by atoms with Crippen molar-refractivity contribution in [3.05, 3.63) is 52.4 Å². The number of nitrogens with zero attached hydrogens (tertiary/aromatic N) is 2. The molecule has 27 heavy (non-hydrogen) atoms. The molecule has 3 rings (SSSR count). The molecule has 1 aliphatic heterocycles. The van der Waals surface area contributed by atoms with Gasteiger partial charge in [0.1, 0.15) is 0 Å². The molecular weight excluding hydrogens is 491 g/mol. The summed E-state index contributed by atoms with van der Waals surface area (Å²) in [6.07, 6.45) is 3.17. The molecule has 0 bridgehead atoms. The van der Waals surface area contributed by atoms with E-state index in [0.29, 0.717) is 6.04 Å². The highest BCUT2D eigenvalue weighted by molar-refractivity contribution is 14.0. The van der Waals surface area contributed by atoms with Crippen molar-refractivity contribution in [2.45, 2.75) is 32.2 Å². The van der Waals surface area contributed by atoms with Crippen LogP contribution in [0.3, 0.4) is 0 Å². The molecule has 0 radical (unpaired) electrons. The van der Waals surface area contributed by atoms with Crippen LogP contribution in [0.15, 0.2) is 46.8 Å². The van der Waals surface area contributed by atoms with Crippen molar-refractivity contribution < 1.29 is 0 Å². The summed E-state index contributed by atoms with van der Waals surface area (Å²) in [4.78, 5) is 7.22. The van der Waals surface area contributed by atoms with Crippen molar-refractivity contribution in [2.75, 3.05) is 31.1 Å². The van der Waals surface area contributed by atoms with Crippen molar-refractivity contribution in [3.63, 3.8) is 0 Å². The molecule has 0 aliphatic carbocycles. The number of anilines is 1. The Hall–Kier alpha value is -0.990. The van der Waals surface area contributed by atoms with Crippen LogP contribution in [-0.4, -0.2) is 38.2 Å². The largest absolute Gasteiger partial charge is 0.363 e. The van der Waals surface area contributed by atoms with Gasteiger partial charge in [-0.2, -0.15) is 0 Å². The zero-order valence-electron chi connectivity index (χ0n) is 15.7. The number of piperidine rings is 1. The molecule has 1 saturated heterocycles. The Morgan fingerprint density at radius 2 is 2.07 bits per heavy atom. The van der Waals surface area contributed by atoms with Gasteiger partial charge in [-0.25, -0.2) is 0 Å². The Bertz CT molecular complexity index is 700. The van der Waals surface area contributed by atoms with Crippen LogP contribution < -0.4 is 15.5 Å². The topological polar surface area (TPSA) is 39.7 Å². The maximum Gasteiger partial charge on any atom is 0.191 e. The molecule has 0 atom stereocenters. The van der Waals surface area contributed by atoms with E-state index >= 15 is 0 Å². The molecule has 2 N–H and O–H groups in total. The molecule has 7 heteroatoms. The minimum absolute atomic E-state index is 0. The van der Waals surface area contributed by atoms with Gasteiger partial charge in [0.2, 0.25) is 0 Å². The van der Waals surface area contributed by atoms with E-state index in [-0.39, 0.29) is 24.0 Å². The molecule has 0 amide bonds. The molecule has 4 nitrogen and oxygen atoms in total. The molecule has 1 aromatic heterocycles. The smallest absolute Gasteiger partial charge is 0.191 e. The van der Waals surface area contributed by atoms with Crippen molar-refractivity contribution in [3.8, 4) is 0 Å². The van der Waals surface area contributed by atoms with E-state index in [4.69, 9.17) is 16.6 Å². The van der Waals surface area contributed by atoms with Crippen molar-refractivity contribution in [1.29, 1.82) is 0 Å². The quantitative estimate of drug-likeness (QED) is 0.328. The van der Waals surface area contributed by atoms with Gasteiger partial charge in [0.25, 0.3) is 0 Å². The first kappa shape index (κ1) is 22.3. The van der Waals surface area contributed by atoms with E-state index in [9.17, 15) is 0 Å². The summed E-state index contributed by atoms with van der Waals surface area (Å²) < 4.78 is 0. The lowest BCUT2D eigenvalue weighted by molar-refractivity contribution is 0.463. The summed E-state index contributed by atoms with van der Waals surface area (Å²) >= 11 is 7.87. The molecule has 0 spiro atoms. The number of nitrogens with one attached hydrogen (secondary N) is 2. The molecule has 1 aliphatic rings. The van der Waals surface area contributed by atoms with Gasteiger partial charge in [-0.05, 0) is 61.4 Å². The molecular formula is C20H28ClIN4S. The lowest BCUT2D eigenvalue weighted by atomic mass is 10.1. The van der Waals surface area contributed by atoms with Crippen LogP contribution in [0.2, 0.25) is 5.02 Å². The fourth-order valence-corrected chi connectivity index (χ4v) is 4.19. The second-order valence-electron chi connectivity index (χ2n) is 6.50. The number of thiophene rings is 1. The van der Waals surface area contributed by atoms with Gasteiger partial charge < -0.3 is 15.5 Å². The minimum atomic E-state index is 0. The second-order valence-corrected chi connectivity index (χ2v) is 7.86. The zero-order valence-corrected chi connectivity index (χ0v) is 19.6. The standard InChI is InChI=1S/C20H27ClN4S.HI/c1-2-22-20(23-11-8-16-5-3-6-17(21)15-16)24-18-9-12-25(13-10-18)19-7-4-14-26-19;/h3-7,14-15,18H,2,8-13H2,1H3,(H2,22,23,24);1H. The van der Waals surface area contributed by atoms with Crippen LogP contribution in [0.25, 0.3) is 0 Å². The van der Waals surface area contributed by atoms with E-state index in [1.54, 1.807) is 0 Å². The third-order valence-corrected chi connectivity index (χ3v) is 5.72. The monoisotopic (exact) mass is 518 g/mol. The second kappa shape index (κ2) is 11.8. The van der Waals surface area contributed by atoms with Gasteiger partial charge in [-0.1, -0.05) is 23.7 Å². The average Bonchev–Trinajstić information content (AvgIpc) is 3.17. The van der Waals surface area contributed by atoms with Crippen LogP contribution in [0.5, 0.6) is 0 Å². The molecule has 1 fully saturated rings. The van der Waals surface area contributed by atoms with Crippen LogP contribution in [0.4, 0.5) is 5.00 Å². The summed E-state index contributed by atoms with van der Waals surface area (Å²) in [7, 11) is 0. The van der Waals surface area contributed by atoms with Crippen molar-refractivity contribution in [1.82, 2.24) is 10.6 Å². The van der Waals surface area contributed by atoms with Gasteiger partial charge in [0.15, 0.2) is 5.96 Å². The molecule has 1 aromatic carbocycles. The lowest BCUT2D eigenvalue weighted by Crippen LogP contribution is -2.48. The maximum atomic E-state index is 6.05. The Morgan fingerprint density at radius 1 is 1.26 bits per heavy atom. The van der Waals surface area contributed by atoms with Crippen LogP contribution in [0.1, 0.15) is 25.3 Å². The SMILES string of the molecule is CCNC(=NCCc1cccc(Cl)c1)NC1CCN(c2cccs2)CC1.I. The number of hydrogen-bond acceptors (Lipinski definition) is 3. The normalized spacial score (nSPS) is 15.3. The Morgan fingerprint density at radius 3 is 2.74 bits per heavy atom. The summed E-state index contributed by atoms with van der Waals surface area (Å²) in [6, 6.07) is 12.8. The fourth-order valence-electron chi connectivity index (χ4n) is 3.20. The first-order chi connectivity index (χ1) is 12.7. The summed E-state index contributed by atoms with van der Waals surface area (Å²) in [5.41, 5.74) is 1.22. The number of halogens is 2. The zero-order chi connectivity index (χ0) is 18.2. The van der Waals surface area contributed by atoms with Crippen LogP contribution >= 0.6 is 46.9 Å². The van der Waals surface area contributed by atoms with Gasteiger partial charge in [-0.15, -0.1) is 35.3 Å². The summed E-state index contributed by atoms with van der Waals surface area (Å²) in [5.74, 6) is 0.920. The molecule has 2 aromatic rings.